The number of nitrogens with zero attached hydrogens (tertiary/aromatic N) is 1. The molecule has 118 valence electrons. The molecule has 1 atom stereocenters. The van der Waals surface area contributed by atoms with Gasteiger partial charge in [0.25, 0.3) is 0 Å². The Morgan fingerprint density at radius 1 is 1.38 bits per heavy atom. The zero-order valence-electron chi connectivity index (χ0n) is 12.3. The van der Waals surface area contributed by atoms with Crippen molar-refractivity contribution in [1.29, 1.82) is 0 Å². The Labute approximate surface area is 131 Å². The van der Waals surface area contributed by atoms with Crippen LogP contribution in [-0.2, 0) is 10.0 Å². The topological polar surface area (TPSA) is 58.6 Å². The summed E-state index contributed by atoms with van der Waals surface area (Å²) in [5, 5.41) is 0.285. The molecule has 1 N–H and O–H groups in total. The van der Waals surface area contributed by atoms with E-state index in [4.69, 9.17) is 16.3 Å². The summed E-state index contributed by atoms with van der Waals surface area (Å²) < 4.78 is 32.4. The Kier molecular flexibility index (Phi) is 5.48. The van der Waals surface area contributed by atoms with Gasteiger partial charge in [-0.15, -0.1) is 0 Å². The Balaban J connectivity index is 2.05. The van der Waals surface area contributed by atoms with Gasteiger partial charge in [-0.2, -0.15) is 0 Å². The third-order valence-corrected chi connectivity index (χ3v) is 5.40. The van der Waals surface area contributed by atoms with Crippen LogP contribution >= 0.6 is 11.6 Å². The number of likely N-dealkylation sites (tertiary alicyclic amines) is 1. The number of rotatable bonds is 6. The van der Waals surface area contributed by atoms with E-state index in [2.05, 4.69) is 9.62 Å². The number of methoxy groups -OCH3 is 1. The molecule has 1 aromatic rings. The van der Waals surface area contributed by atoms with Crippen LogP contribution in [0.2, 0.25) is 5.02 Å². The highest BCUT2D eigenvalue weighted by atomic mass is 35.5. The SMILES string of the molecule is COc1ccc(S(=O)(=O)NC(C)CN2CCCC2)cc1Cl. The van der Waals surface area contributed by atoms with Gasteiger partial charge in [-0.05, 0) is 51.1 Å². The van der Waals surface area contributed by atoms with Gasteiger partial charge in [0.05, 0.1) is 17.0 Å². The Morgan fingerprint density at radius 2 is 2.05 bits per heavy atom. The van der Waals surface area contributed by atoms with Crippen molar-refractivity contribution in [1.82, 2.24) is 9.62 Å². The standard InChI is InChI=1S/C14H21ClN2O3S/c1-11(10-17-7-3-4-8-17)16-21(18,19)12-5-6-14(20-2)13(15)9-12/h5-6,9,11,16H,3-4,7-8,10H2,1-2H3. The maximum absolute atomic E-state index is 12.3. The fraction of sp³-hybridized carbons (Fsp3) is 0.571. The molecule has 21 heavy (non-hydrogen) atoms. The second-order valence-electron chi connectivity index (χ2n) is 5.33. The highest BCUT2D eigenvalue weighted by Crippen LogP contribution is 2.26. The zero-order valence-corrected chi connectivity index (χ0v) is 13.9. The monoisotopic (exact) mass is 332 g/mol. The largest absolute Gasteiger partial charge is 0.495 e. The quantitative estimate of drug-likeness (QED) is 0.866. The molecule has 0 aliphatic carbocycles. The fourth-order valence-electron chi connectivity index (χ4n) is 2.54. The van der Waals surface area contributed by atoms with Crippen molar-refractivity contribution in [3.63, 3.8) is 0 Å². The van der Waals surface area contributed by atoms with Crippen molar-refractivity contribution in [3.05, 3.63) is 23.2 Å². The maximum atomic E-state index is 12.3. The molecule has 7 heteroatoms. The molecule has 0 amide bonds. The molecule has 1 unspecified atom stereocenters. The van der Waals surface area contributed by atoms with Gasteiger partial charge in [0.15, 0.2) is 0 Å². The lowest BCUT2D eigenvalue weighted by Gasteiger charge is -2.21. The van der Waals surface area contributed by atoms with Crippen molar-refractivity contribution in [2.45, 2.75) is 30.7 Å². The molecule has 0 bridgehead atoms. The number of benzene rings is 1. The van der Waals surface area contributed by atoms with Crippen molar-refractivity contribution in [2.24, 2.45) is 0 Å². The normalized spacial score (nSPS) is 17.9. The van der Waals surface area contributed by atoms with Crippen LogP contribution in [0.15, 0.2) is 23.1 Å². The van der Waals surface area contributed by atoms with E-state index in [0.29, 0.717) is 5.75 Å². The molecule has 1 saturated heterocycles. The predicted octanol–water partition coefficient (Wildman–Crippen LogP) is 2.11. The van der Waals surface area contributed by atoms with E-state index in [0.717, 1.165) is 19.6 Å². The molecule has 1 aromatic carbocycles. The maximum Gasteiger partial charge on any atom is 0.240 e. The summed E-state index contributed by atoms with van der Waals surface area (Å²) in [4.78, 5) is 2.43. The summed E-state index contributed by atoms with van der Waals surface area (Å²) in [5.74, 6) is 0.459. The molecular formula is C14H21ClN2O3S. The Hall–Kier alpha value is -0.820. The minimum Gasteiger partial charge on any atom is -0.495 e. The van der Waals surface area contributed by atoms with Gasteiger partial charge in [-0.1, -0.05) is 11.6 Å². The third kappa shape index (κ3) is 4.32. The Bertz CT molecular complexity index is 586. The van der Waals surface area contributed by atoms with Crippen molar-refractivity contribution in [3.8, 4) is 5.75 Å². The van der Waals surface area contributed by atoms with Crippen molar-refractivity contribution in [2.75, 3.05) is 26.7 Å². The molecule has 1 aliphatic heterocycles. The summed E-state index contributed by atoms with van der Waals surface area (Å²) >= 11 is 5.98. The first-order chi connectivity index (χ1) is 9.92. The molecule has 0 saturated carbocycles. The molecule has 0 radical (unpaired) electrons. The van der Waals surface area contributed by atoms with Gasteiger partial charge in [0.1, 0.15) is 5.75 Å². The van der Waals surface area contributed by atoms with E-state index in [1.54, 1.807) is 6.07 Å². The van der Waals surface area contributed by atoms with E-state index >= 15 is 0 Å². The third-order valence-electron chi connectivity index (χ3n) is 3.52. The number of sulfonamides is 1. The minimum atomic E-state index is -3.57. The molecule has 1 fully saturated rings. The summed E-state index contributed by atoms with van der Waals surface area (Å²) in [6, 6.07) is 4.32. The van der Waals surface area contributed by atoms with Crippen LogP contribution in [0.1, 0.15) is 19.8 Å². The van der Waals surface area contributed by atoms with Crippen LogP contribution in [0.25, 0.3) is 0 Å². The first kappa shape index (κ1) is 16.5. The van der Waals surface area contributed by atoms with Crippen LogP contribution in [0.4, 0.5) is 0 Å². The van der Waals surface area contributed by atoms with Gasteiger partial charge in [0, 0.05) is 12.6 Å². The average Bonchev–Trinajstić information content (AvgIpc) is 2.90. The van der Waals surface area contributed by atoms with Crippen molar-refractivity contribution < 1.29 is 13.2 Å². The number of halogens is 1. The lowest BCUT2D eigenvalue weighted by molar-refractivity contribution is 0.313. The average molecular weight is 333 g/mol. The molecule has 1 aliphatic rings. The van der Waals surface area contributed by atoms with Crippen LogP contribution in [0.5, 0.6) is 5.75 Å². The molecule has 2 rings (SSSR count). The van der Waals surface area contributed by atoms with E-state index < -0.39 is 10.0 Å². The summed E-state index contributed by atoms with van der Waals surface area (Å²) in [6.45, 7) is 4.69. The van der Waals surface area contributed by atoms with Crippen LogP contribution in [0, 0.1) is 0 Å². The molecule has 0 spiro atoms. The molecule has 1 heterocycles. The fourth-order valence-corrected chi connectivity index (χ4v) is 4.12. The van der Waals surface area contributed by atoms with Gasteiger partial charge in [0.2, 0.25) is 10.0 Å². The number of hydrogen-bond acceptors (Lipinski definition) is 4. The van der Waals surface area contributed by atoms with Gasteiger partial charge >= 0.3 is 0 Å². The van der Waals surface area contributed by atoms with E-state index in [1.165, 1.54) is 32.1 Å². The van der Waals surface area contributed by atoms with E-state index in [-0.39, 0.29) is 16.0 Å². The first-order valence-electron chi connectivity index (χ1n) is 7.00. The second-order valence-corrected chi connectivity index (χ2v) is 7.45. The van der Waals surface area contributed by atoms with Gasteiger partial charge < -0.3 is 9.64 Å². The second kappa shape index (κ2) is 6.96. The lowest BCUT2D eigenvalue weighted by atomic mass is 10.3. The summed E-state index contributed by atoms with van der Waals surface area (Å²) in [5.41, 5.74) is 0. The zero-order chi connectivity index (χ0) is 15.5. The van der Waals surface area contributed by atoms with Crippen molar-refractivity contribution >= 4 is 21.6 Å². The Morgan fingerprint density at radius 3 is 2.62 bits per heavy atom. The molecular weight excluding hydrogens is 312 g/mol. The highest BCUT2D eigenvalue weighted by Gasteiger charge is 2.21. The number of ether oxygens (including phenoxy) is 1. The van der Waals surface area contributed by atoms with Crippen LogP contribution < -0.4 is 9.46 Å². The van der Waals surface area contributed by atoms with Crippen LogP contribution in [0.3, 0.4) is 0 Å². The van der Waals surface area contributed by atoms with E-state index in [9.17, 15) is 8.42 Å². The smallest absolute Gasteiger partial charge is 0.240 e. The summed E-state index contributed by atoms with van der Waals surface area (Å²) in [7, 11) is -2.07. The lowest BCUT2D eigenvalue weighted by Crippen LogP contribution is -2.41. The first-order valence-corrected chi connectivity index (χ1v) is 8.87. The van der Waals surface area contributed by atoms with Gasteiger partial charge in [-0.3, -0.25) is 0 Å². The summed E-state index contributed by atoms with van der Waals surface area (Å²) in [6.07, 6.45) is 2.38. The highest BCUT2D eigenvalue weighted by molar-refractivity contribution is 7.89. The van der Waals surface area contributed by atoms with Gasteiger partial charge in [-0.25, -0.2) is 13.1 Å². The number of nitrogens with one attached hydrogen (secondary N) is 1. The molecule has 5 nitrogen and oxygen atoms in total. The number of hydrogen-bond donors (Lipinski definition) is 1. The molecule has 0 aromatic heterocycles. The predicted molar refractivity (Wildman–Crippen MR) is 83.5 cm³/mol. The minimum absolute atomic E-state index is 0.144. The van der Waals surface area contributed by atoms with Crippen LogP contribution in [-0.4, -0.2) is 46.1 Å². The van der Waals surface area contributed by atoms with E-state index in [1.807, 2.05) is 6.92 Å².